The lowest BCUT2D eigenvalue weighted by atomic mass is 9.81. The molecule has 1 aliphatic carbocycles. The zero-order chi connectivity index (χ0) is 32.7. The maximum atomic E-state index is 13.9. The van der Waals surface area contributed by atoms with E-state index in [1.54, 1.807) is 19.2 Å². The van der Waals surface area contributed by atoms with Gasteiger partial charge < -0.3 is 24.4 Å². The molecule has 0 bridgehead atoms. The van der Waals surface area contributed by atoms with Crippen LogP contribution in [0.15, 0.2) is 53.9 Å². The van der Waals surface area contributed by atoms with E-state index in [0.717, 1.165) is 70.1 Å². The molecule has 1 saturated carbocycles. The minimum absolute atomic E-state index is 0.183. The number of nitrogens with zero attached hydrogens (tertiary/aromatic N) is 4. The quantitative estimate of drug-likeness (QED) is 0.379. The number of likely N-dealkylation sites (N-methyl/N-ethyl adjacent to an activating group) is 1. The minimum Gasteiger partial charge on any atom is -0.497 e. The van der Waals surface area contributed by atoms with Gasteiger partial charge in [-0.25, -0.2) is 4.72 Å². The SMILES string of the molecule is COc1ccc2c(c1)C=C(C(=O)NCC1=CN(C)CN1C)Cn1c-2c(C2CCCCC2)c2ccc(C(=O)NS(=O)(=O)N(C)C)cc21. The van der Waals surface area contributed by atoms with Crippen molar-refractivity contribution >= 4 is 39.0 Å². The summed E-state index contributed by atoms with van der Waals surface area (Å²) in [6.45, 7) is 1.42. The number of aromatic nitrogens is 1. The summed E-state index contributed by atoms with van der Waals surface area (Å²) in [5.41, 5.74) is 6.70. The third kappa shape index (κ3) is 5.99. The highest BCUT2D eigenvalue weighted by Crippen LogP contribution is 2.47. The third-order valence-electron chi connectivity index (χ3n) is 9.27. The molecule has 12 heteroatoms. The first-order valence-electron chi connectivity index (χ1n) is 15.7. The number of nitrogens with one attached hydrogen (secondary N) is 2. The Balaban J connectivity index is 1.50. The normalized spacial score (nSPS) is 16.9. The van der Waals surface area contributed by atoms with E-state index < -0.39 is 16.1 Å². The Morgan fingerprint density at radius 1 is 1.02 bits per heavy atom. The Labute approximate surface area is 270 Å². The van der Waals surface area contributed by atoms with Crippen LogP contribution in [0, 0.1) is 0 Å². The van der Waals surface area contributed by atoms with Gasteiger partial charge in [0.25, 0.3) is 5.91 Å². The lowest BCUT2D eigenvalue weighted by molar-refractivity contribution is -0.117. The van der Waals surface area contributed by atoms with Crippen LogP contribution in [0.4, 0.5) is 0 Å². The molecular weight excluding hydrogens is 604 g/mol. The molecule has 46 heavy (non-hydrogen) atoms. The van der Waals surface area contributed by atoms with Gasteiger partial charge >= 0.3 is 10.2 Å². The number of hydrogen-bond acceptors (Lipinski definition) is 7. The monoisotopic (exact) mass is 646 g/mol. The minimum atomic E-state index is -3.98. The lowest BCUT2D eigenvalue weighted by Gasteiger charge is -2.24. The fourth-order valence-electron chi connectivity index (χ4n) is 6.87. The van der Waals surface area contributed by atoms with Crippen molar-refractivity contribution in [3.63, 3.8) is 0 Å². The average molecular weight is 647 g/mol. The number of fused-ring (bicyclic) bond motifs is 5. The summed E-state index contributed by atoms with van der Waals surface area (Å²) in [5, 5.41) is 4.14. The molecule has 11 nitrogen and oxygen atoms in total. The van der Waals surface area contributed by atoms with Crippen LogP contribution in [0.2, 0.25) is 0 Å². The second kappa shape index (κ2) is 12.5. The Morgan fingerprint density at radius 3 is 2.46 bits per heavy atom. The van der Waals surface area contributed by atoms with Crippen molar-refractivity contribution in [2.45, 2.75) is 44.6 Å². The molecule has 0 saturated heterocycles. The molecule has 3 heterocycles. The Morgan fingerprint density at radius 2 is 1.78 bits per heavy atom. The number of ether oxygens (including phenoxy) is 1. The van der Waals surface area contributed by atoms with Crippen LogP contribution in [0.3, 0.4) is 0 Å². The van der Waals surface area contributed by atoms with E-state index in [4.69, 9.17) is 4.74 Å². The highest BCUT2D eigenvalue weighted by atomic mass is 32.2. The molecule has 2 amide bonds. The standard InChI is InChI=1S/C34H42N6O5S/c1-37(2)46(43,44)36-34(42)23-11-13-29-30(17-23)40-19-25(33(41)35-18-26-20-38(3)21-39(26)4)15-24-16-27(45-5)12-14-28(24)32(40)31(29)22-9-7-6-8-10-22/h11-17,20,22H,6-10,18-19,21H2,1-5H3,(H,35,41)(H,36,42). The van der Waals surface area contributed by atoms with Crippen molar-refractivity contribution in [2.75, 3.05) is 48.5 Å². The van der Waals surface area contributed by atoms with E-state index in [1.165, 1.54) is 26.1 Å². The van der Waals surface area contributed by atoms with Gasteiger partial charge in [-0.15, -0.1) is 0 Å². The summed E-state index contributed by atoms with van der Waals surface area (Å²) < 4.78 is 35.8. The molecule has 1 aromatic heterocycles. The molecule has 6 rings (SSSR count). The second-order valence-electron chi connectivity index (χ2n) is 12.7. The van der Waals surface area contributed by atoms with Crippen LogP contribution in [0.1, 0.15) is 59.5 Å². The molecule has 3 aromatic rings. The summed E-state index contributed by atoms with van der Waals surface area (Å²) in [4.78, 5) is 31.3. The fourth-order valence-corrected chi connectivity index (χ4v) is 7.41. The third-order valence-corrected chi connectivity index (χ3v) is 10.7. The van der Waals surface area contributed by atoms with E-state index in [9.17, 15) is 18.0 Å². The van der Waals surface area contributed by atoms with Crippen molar-refractivity contribution in [3.05, 3.63) is 70.6 Å². The Bertz CT molecular complexity index is 1870. The number of rotatable bonds is 8. The van der Waals surface area contributed by atoms with Gasteiger partial charge in [-0.3, -0.25) is 9.59 Å². The smallest absolute Gasteiger partial charge is 0.303 e. The summed E-state index contributed by atoms with van der Waals surface area (Å²) in [6.07, 6.45) is 9.56. The molecule has 2 aliphatic heterocycles. The maximum Gasteiger partial charge on any atom is 0.303 e. The number of benzene rings is 2. The second-order valence-corrected chi connectivity index (χ2v) is 14.5. The van der Waals surface area contributed by atoms with Gasteiger partial charge in [0, 0.05) is 62.0 Å². The van der Waals surface area contributed by atoms with E-state index in [1.807, 2.05) is 50.6 Å². The van der Waals surface area contributed by atoms with Gasteiger partial charge in [-0.05, 0) is 66.3 Å². The van der Waals surface area contributed by atoms with Crippen LogP contribution in [0.25, 0.3) is 28.2 Å². The van der Waals surface area contributed by atoms with Crippen LogP contribution < -0.4 is 14.8 Å². The Hall–Kier alpha value is -4.29. The van der Waals surface area contributed by atoms with E-state index >= 15 is 0 Å². The largest absolute Gasteiger partial charge is 0.497 e. The highest BCUT2D eigenvalue weighted by Gasteiger charge is 2.31. The average Bonchev–Trinajstić information content (AvgIpc) is 3.47. The summed E-state index contributed by atoms with van der Waals surface area (Å²) in [7, 11) is 4.38. The lowest BCUT2D eigenvalue weighted by Crippen LogP contribution is -2.39. The first kappa shape index (κ1) is 31.7. The van der Waals surface area contributed by atoms with E-state index in [2.05, 4.69) is 24.4 Å². The molecular formula is C34H42N6O5S. The number of hydrogen-bond donors (Lipinski definition) is 2. The Kier molecular flexibility index (Phi) is 8.60. The topological polar surface area (TPSA) is 116 Å². The number of carbonyl (C=O) groups excluding carboxylic acids is 2. The van der Waals surface area contributed by atoms with Gasteiger partial charge in [0.1, 0.15) is 5.75 Å². The molecule has 0 radical (unpaired) electrons. The van der Waals surface area contributed by atoms with Gasteiger partial charge in [0.2, 0.25) is 5.91 Å². The van der Waals surface area contributed by atoms with Crippen molar-refractivity contribution in [1.82, 2.24) is 28.7 Å². The first-order valence-corrected chi connectivity index (χ1v) is 17.1. The van der Waals surface area contributed by atoms with Crippen molar-refractivity contribution in [2.24, 2.45) is 0 Å². The first-order chi connectivity index (χ1) is 22.0. The molecule has 1 fully saturated rings. The van der Waals surface area contributed by atoms with Gasteiger partial charge in [-0.2, -0.15) is 12.7 Å². The van der Waals surface area contributed by atoms with Crippen LogP contribution in [-0.4, -0.2) is 87.4 Å². The number of methoxy groups -OCH3 is 1. The van der Waals surface area contributed by atoms with Crippen LogP contribution in [-0.2, 0) is 21.5 Å². The highest BCUT2D eigenvalue weighted by molar-refractivity contribution is 7.87. The van der Waals surface area contributed by atoms with Crippen LogP contribution >= 0.6 is 0 Å². The molecule has 0 unspecified atom stereocenters. The van der Waals surface area contributed by atoms with E-state index in [-0.39, 0.29) is 18.0 Å². The molecule has 2 aromatic carbocycles. The summed E-state index contributed by atoms with van der Waals surface area (Å²) >= 11 is 0. The maximum absolute atomic E-state index is 13.9. The molecule has 0 spiro atoms. The number of carbonyl (C=O) groups is 2. The van der Waals surface area contributed by atoms with E-state index in [0.29, 0.717) is 23.8 Å². The fraction of sp³-hybridized carbons (Fsp3) is 0.412. The molecule has 3 aliphatic rings. The van der Waals surface area contributed by atoms with Gasteiger partial charge in [-0.1, -0.05) is 25.3 Å². The van der Waals surface area contributed by atoms with Gasteiger partial charge in [0.15, 0.2) is 0 Å². The van der Waals surface area contributed by atoms with Gasteiger partial charge in [0.05, 0.1) is 38.3 Å². The molecule has 244 valence electrons. The summed E-state index contributed by atoms with van der Waals surface area (Å²) in [6, 6.07) is 11.3. The molecule has 0 atom stereocenters. The van der Waals surface area contributed by atoms with Crippen LogP contribution in [0.5, 0.6) is 5.75 Å². The summed E-state index contributed by atoms with van der Waals surface area (Å²) in [5.74, 6) is 0.114. The molecule has 2 N–H and O–H groups in total. The zero-order valence-corrected chi connectivity index (χ0v) is 27.9. The van der Waals surface area contributed by atoms with Crippen molar-refractivity contribution < 1.29 is 22.7 Å². The zero-order valence-electron chi connectivity index (χ0n) is 27.1. The van der Waals surface area contributed by atoms with Crippen molar-refractivity contribution in [3.8, 4) is 17.0 Å². The van der Waals surface area contributed by atoms with Crippen molar-refractivity contribution in [1.29, 1.82) is 0 Å². The number of amides is 2. The predicted octanol–water partition coefficient (Wildman–Crippen LogP) is 4.09. The predicted molar refractivity (Wildman–Crippen MR) is 179 cm³/mol.